The number of pyridine rings is 1. The minimum absolute atomic E-state index is 0.135. The third-order valence-electron chi connectivity index (χ3n) is 4.46. The van der Waals surface area contributed by atoms with Crippen LogP contribution in [0.15, 0.2) is 65.4 Å². The van der Waals surface area contributed by atoms with E-state index in [0.717, 1.165) is 16.8 Å². The predicted molar refractivity (Wildman–Crippen MR) is 104 cm³/mol. The molecule has 4 rings (SSSR count). The van der Waals surface area contributed by atoms with E-state index in [1.165, 1.54) is 0 Å². The maximum absolute atomic E-state index is 13.1. The van der Waals surface area contributed by atoms with Gasteiger partial charge in [-0.2, -0.15) is 5.10 Å². The number of amides is 1. The Morgan fingerprint density at radius 1 is 1.14 bits per heavy atom. The fourth-order valence-corrected chi connectivity index (χ4v) is 3.03. The molecule has 140 valence electrons. The van der Waals surface area contributed by atoms with Crippen molar-refractivity contribution in [2.75, 3.05) is 7.05 Å². The van der Waals surface area contributed by atoms with Crippen molar-refractivity contribution in [3.63, 3.8) is 0 Å². The number of hydrogen-bond acceptors (Lipinski definition) is 5. The summed E-state index contributed by atoms with van der Waals surface area (Å²) in [5.41, 5.74) is 4.37. The van der Waals surface area contributed by atoms with Gasteiger partial charge in [0, 0.05) is 42.3 Å². The van der Waals surface area contributed by atoms with Gasteiger partial charge in [-0.3, -0.25) is 14.9 Å². The number of carbonyl (C=O) groups is 1. The maximum atomic E-state index is 13.1. The molecule has 0 aliphatic carbocycles. The third-order valence-corrected chi connectivity index (χ3v) is 4.46. The number of aromatic nitrogens is 4. The van der Waals surface area contributed by atoms with E-state index in [1.807, 2.05) is 55.5 Å². The summed E-state index contributed by atoms with van der Waals surface area (Å²) in [5.74, 6) is 0.460. The van der Waals surface area contributed by atoms with Gasteiger partial charge in [0.1, 0.15) is 11.4 Å². The van der Waals surface area contributed by atoms with Gasteiger partial charge in [-0.05, 0) is 19.1 Å². The molecule has 28 heavy (non-hydrogen) atoms. The summed E-state index contributed by atoms with van der Waals surface area (Å²) in [7, 11) is 1.73. The summed E-state index contributed by atoms with van der Waals surface area (Å²) in [4.78, 5) is 18.8. The van der Waals surface area contributed by atoms with Crippen LogP contribution >= 0.6 is 0 Å². The largest absolute Gasteiger partial charge is 0.359 e. The van der Waals surface area contributed by atoms with E-state index in [-0.39, 0.29) is 5.91 Å². The Bertz CT molecular complexity index is 1090. The van der Waals surface area contributed by atoms with E-state index in [0.29, 0.717) is 29.3 Å². The summed E-state index contributed by atoms with van der Waals surface area (Å²) >= 11 is 0. The number of hydrogen-bond donors (Lipinski definition) is 1. The highest BCUT2D eigenvalue weighted by Gasteiger charge is 2.23. The molecule has 1 amide bonds. The molecule has 4 aromatic rings. The van der Waals surface area contributed by atoms with Crippen LogP contribution in [0.25, 0.3) is 22.5 Å². The van der Waals surface area contributed by atoms with Gasteiger partial charge in [-0.25, -0.2) is 0 Å². The Hall–Kier alpha value is -3.74. The molecule has 0 aliphatic heterocycles. The molecule has 1 aromatic carbocycles. The van der Waals surface area contributed by atoms with Crippen LogP contribution in [0.1, 0.15) is 21.8 Å². The zero-order chi connectivity index (χ0) is 19.5. The van der Waals surface area contributed by atoms with E-state index in [1.54, 1.807) is 24.3 Å². The van der Waals surface area contributed by atoms with Crippen LogP contribution in [0.5, 0.6) is 0 Å². The molecule has 1 N–H and O–H groups in total. The summed E-state index contributed by atoms with van der Waals surface area (Å²) in [6.07, 6.45) is 3.42. The summed E-state index contributed by atoms with van der Waals surface area (Å²) in [6.45, 7) is 2.14. The van der Waals surface area contributed by atoms with Crippen LogP contribution in [0, 0.1) is 6.92 Å². The molecule has 0 atom stereocenters. The van der Waals surface area contributed by atoms with Crippen molar-refractivity contribution < 1.29 is 9.32 Å². The van der Waals surface area contributed by atoms with E-state index in [4.69, 9.17) is 4.52 Å². The van der Waals surface area contributed by atoms with Crippen LogP contribution in [-0.2, 0) is 6.54 Å². The number of H-pyrrole nitrogens is 1. The van der Waals surface area contributed by atoms with E-state index in [9.17, 15) is 4.79 Å². The highest BCUT2D eigenvalue weighted by molar-refractivity contribution is 6.00. The molecule has 0 aliphatic rings. The lowest BCUT2D eigenvalue weighted by atomic mass is 10.1. The van der Waals surface area contributed by atoms with Crippen LogP contribution in [-0.4, -0.2) is 38.2 Å². The van der Waals surface area contributed by atoms with Crippen molar-refractivity contribution in [3.8, 4) is 22.5 Å². The highest BCUT2D eigenvalue weighted by Crippen LogP contribution is 2.25. The maximum Gasteiger partial charge on any atom is 0.258 e. The Labute approximate surface area is 162 Å². The van der Waals surface area contributed by atoms with Gasteiger partial charge in [-0.15, -0.1) is 0 Å². The topological polar surface area (TPSA) is 87.9 Å². The Morgan fingerprint density at radius 3 is 2.68 bits per heavy atom. The van der Waals surface area contributed by atoms with E-state index >= 15 is 0 Å². The molecule has 0 fully saturated rings. The average Bonchev–Trinajstić information content (AvgIpc) is 3.35. The van der Waals surface area contributed by atoms with Crippen LogP contribution in [0.4, 0.5) is 0 Å². The Morgan fingerprint density at radius 2 is 1.93 bits per heavy atom. The first-order valence-corrected chi connectivity index (χ1v) is 8.85. The molecule has 0 spiro atoms. The van der Waals surface area contributed by atoms with Crippen molar-refractivity contribution in [2.24, 2.45) is 0 Å². The second-order valence-corrected chi connectivity index (χ2v) is 6.52. The van der Waals surface area contributed by atoms with Gasteiger partial charge in [0.2, 0.25) is 0 Å². The van der Waals surface area contributed by atoms with Gasteiger partial charge in [0.05, 0.1) is 12.1 Å². The Kier molecular flexibility index (Phi) is 4.72. The van der Waals surface area contributed by atoms with Gasteiger partial charge in [-0.1, -0.05) is 35.5 Å². The normalized spacial score (nSPS) is 10.8. The molecule has 7 nitrogen and oxygen atoms in total. The second kappa shape index (κ2) is 7.48. The van der Waals surface area contributed by atoms with Gasteiger partial charge >= 0.3 is 0 Å². The molecule has 0 bridgehead atoms. The molecule has 3 aromatic heterocycles. The number of aryl methyl sites for hydroxylation is 1. The minimum atomic E-state index is -0.135. The van der Waals surface area contributed by atoms with Gasteiger partial charge < -0.3 is 9.42 Å². The fraction of sp³-hybridized carbons (Fsp3) is 0.143. The average molecular weight is 373 g/mol. The lowest BCUT2D eigenvalue weighted by molar-refractivity contribution is 0.0772. The lowest BCUT2D eigenvalue weighted by Crippen LogP contribution is -2.26. The first-order chi connectivity index (χ1) is 13.6. The minimum Gasteiger partial charge on any atom is -0.359 e. The van der Waals surface area contributed by atoms with Crippen LogP contribution in [0.2, 0.25) is 0 Å². The Balaban J connectivity index is 1.55. The predicted octanol–water partition coefficient (Wildman–Crippen LogP) is 3.71. The van der Waals surface area contributed by atoms with E-state index in [2.05, 4.69) is 20.3 Å². The smallest absolute Gasteiger partial charge is 0.258 e. The van der Waals surface area contributed by atoms with Crippen LogP contribution in [0.3, 0.4) is 0 Å². The summed E-state index contributed by atoms with van der Waals surface area (Å²) < 4.78 is 5.41. The molecule has 0 unspecified atom stereocenters. The van der Waals surface area contributed by atoms with Gasteiger partial charge in [0.15, 0.2) is 5.76 Å². The van der Waals surface area contributed by atoms with Crippen molar-refractivity contribution in [3.05, 3.63) is 77.9 Å². The van der Waals surface area contributed by atoms with Crippen molar-refractivity contribution in [2.45, 2.75) is 13.5 Å². The van der Waals surface area contributed by atoms with Crippen LogP contribution < -0.4 is 0 Å². The molecule has 0 saturated heterocycles. The molecule has 0 radical (unpaired) electrons. The van der Waals surface area contributed by atoms with Crippen molar-refractivity contribution in [1.29, 1.82) is 0 Å². The number of rotatable bonds is 5. The zero-order valence-corrected chi connectivity index (χ0v) is 15.6. The summed E-state index contributed by atoms with van der Waals surface area (Å²) in [5, 5.41) is 11.3. The zero-order valence-electron chi connectivity index (χ0n) is 15.6. The molecule has 3 heterocycles. The SMILES string of the molecule is Cc1[nH]nc(-c2ccccc2)c1C(=O)N(C)Cc1cc(-c2cccnc2)no1. The molecule has 7 heteroatoms. The second-order valence-electron chi connectivity index (χ2n) is 6.52. The number of aromatic amines is 1. The first kappa shape index (κ1) is 17.7. The lowest BCUT2D eigenvalue weighted by Gasteiger charge is -2.16. The highest BCUT2D eigenvalue weighted by atomic mass is 16.5. The van der Waals surface area contributed by atoms with Crippen molar-refractivity contribution >= 4 is 5.91 Å². The molecule has 0 saturated carbocycles. The quantitative estimate of drug-likeness (QED) is 0.576. The summed E-state index contributed by atoms with van der Waals surface area (Å²) in [6, 6.07) is 15.2. The standard InChI is InChI=1S/C21H19N5O2/c1-14-19(20(24-23-14)15-7-4-3-5-8-15)21(27)26(2)13-17-11-18(25-28-17)16-9-6-10-22-12-16/h3-12H,13H2,1-2H3,(H,23,24). The van der Waals surface area contributed by atoms with Crippen molar-refractivity contribution in [1.82, 2.24) is 25.2 Å². The third kappa shape index (κ3) is 3.42. The molecular formula is C21H19N5O2. The first-order valence-electron chi connectivity index (χ1n) is 8.85. The number of nitrogens with one attached hydrogen (secondary N) is 1. The fourth-order valence-electron chi connectivity index (χ4n) is 3.03. The molecular weight excluding hydrogens is 354 g/mol. The number of benzene rings is 1. The number of nitrogens with zero attached hydrogens (tertiary/aromatic N) is 4. The monoisotopic (exact) mass is 373 g/mol. The van der Waals surface area contributed by atoms with E-state index < -0.39 is 0 Å². The number of carbonyl (C=O) groups excluding carboxylic acids is 1. The van der Waals surface area contributed by atoms with Gasteiger partial charge in [0.25, 0.3) is 5.91 Å².